The highest BCUT2D eigenvalue weighted by Gasteiger charge is 2.50. The molecule has 6 heteroatoms. The summed E-state index contributed by atoms with van der Waals surface area (Å²) in [5.41, 5.74) is 4.50. The summed E-state index contributed by atoms with van der Waals surface area (Å²) < 4.78 is 31.6. The molecule has 0 spiro atoms. The van der Waals surface area contributed by atoms with E-state index >= 15 is 0 Å². The van der Waals surface area contributed by atoms with Crippen LogP contribution in [-0.4, -0.2) is 33.8 Å². The molecule has 4 nitrogen and oxygen atoms in total. The first-order chi connectivity index (χ1) is 19.5. The summed E-state index contributed by atoms with van der Waals surface area (Å²) in [6, 6.07) is 0. The third kappa shape index (κ3) is 7.22. The van der Waals surface area contributed by atoms with E-state index in [0.717, 1.165) is 18.8 Å². The normalized spacial score (nSPS) is 37.7. The Hall–Kier alpha value is -0.713. The Bertz CT molecular complexity index is 1140. The Balaban J connectivity index is 1.60. The quantitative estimate of drug-likeness (QED) is 0.155. The SMILES string of the molecule is COP1(=O)CC=C2/C(=C/C=C3\CCC[C@]4(C)[C@@H]([C@H](C)/C=C/[C@H](C)C(C)C)CC[C@@H]34)C[C@@H](O[Si](C)(C)C(C)(C)C)C[C@@H]2O1. The lowest BCUT2D eigenvalue weighted by molar-refractivity contribution is 0.0912. The molecule has 8 atom stereocenters. The zero-order chi connectivity index (χ0) is 31.1. The molecule has 1 unspecified atom stereocenters. The van der Waals surface area contributed by atoms with Crippen LogP contribution in [0, 0.1) is 35.0 Å². The van der Waals surface area contributed by atoms with Gasteiger partial charge in [-0.2, -0.15) is 0 Å². The maximum Gasteiger partial charge on any atom is 0.334 e. The molecule has 42 heavy (non-hydrogen) atoms. The number of fused-ring (bicyclic) bond motifs is 2. The molecule has 1 heterocycles. The smallest absolute Gasteiger partial charge is 0.334 e. The zero-order valence-corrected chi connectivity index (χ0v) is 30.6. The third-order valence-corrected chi connectivity index (χ3v) is 18.2. The average molecular weight is 617 g/mol. The Morgan fingerprint density at radius 1 is 1.12 bits per heavy atom. The zero-order valence-electron chi connectivity index (χ0n) is 28.7. The van der Waals surface area contributed by atoms with E-state index in [1.807, 2.05) is 0 Å². The van der Waals surface area contributed by atoms with Crippen molar-refractivity contribution in [2.24, 2.45) is 35.0 Å². The fraction of sp³-hybridized carbons (Fsp3) is 0.778. The summed E-state index contributed by atoms with van der Waals surface area (Å²) in [5.74, 6) is 3.34. The van der Waals surface area contributed by atoms with E-state index in [2.05, 4.69) is 98.9 Å². The van der Waals surface area contributed by atoms with E-state index < -0.39 is 15.9 Å². The molecule has 4 rings (SSSR count). The van der Waals surface area contributed by atoms with Crippen molar-refractivity contribution in [2.75, 3.05) is 13.3 Å². The highest BCUT2D eigenvalue weighted by Crippen LogP contribution is 2.60. The summed E-state index contributed by atoms with van der Waals surface area (Å²) >= 11 is 0. The molecule has 0 bridgehead atoms. The van der Waals surface area contributed by atoms with Crippen LogP contribution in [0.4, 0.5) is 0 Å². The average Bonchev–Trinajstić information content (AvgIpc) is 3.26. The molecule has 0 amide bonds. The second kappa shape index (κ2) is 13.0. The van der Waals surface area contributed by atoms with Crippen LogP contribution in [0.3, 0.4) is 0 Å². The van der Waals surface area contributed by atoms with Gasteiger partial charge in [-0.3, -0.25) is 4.57 Å². The van der Waals surface area contributed by atoms with Gasteiger partial charge in [0.15, 0.2) is 8.32 Å². The summed E-state index contributed by atoms with van der Waals surface area (Å²) in [4.78, 5) is 0. The van der Waals surface area contributed by atoms with Gasteiger partial charge in [0.1, 0.15) is 0 Å². The van der Waals surface area contributed by atoms with Crippen molar-refractivity contribution in [1.29, 1.82) is 0 Å². The van der Waals surface area contributed by atoms with E-state index in [0.29, 0.717) is 35.2 Å². The van der Waals surface area contributed by atoms with Crippen molar-refractivity contribution in [3.63, 3.8) is 0 Å². The molecular weight excluding hydrogens is 555 g/mol. The van der Waals surface area contributed by atoms with E-state index in [1.54, 1.807) is 5.57 Å². The van der Waals surface area contributed by atoms with E-state index in [9.17, 15) is 4.57 Å². The molecule has 0 aromatic rings. The van der Waals surface area contributed by atoms with Gasteiger partial charge in [0.25, 0.3) is 0 Å². The maximum atomic E-state index is 13.1. The van der Waals surface area contributed by atoms with Crippen LogP contribution in [0.25, 0.3) is 0 Å². The van der Waals surface area contributed by atoms with Gasteiger partial charge in [0.2, 0.25) is 0 Å². The first kappa shape index (κ1) is 34.2. The molecule has 3 saturated carbocycles. The number of hydrogen-bond donors (Lipinski definition) is 0. The standard InChI is InChI=1S/C36H61O4PSi/c1-25(2)26(3)14-15-27(4)32-18-19-33-28(13-12-21-36(32,33)8)16-17-29-23-30(40-42(10,11)35(5,6)7)24-34-31(29)20-22-41(37,38-9)39-34/h14-17,20,25-27,30,32-34H,12-13,18-19,21-24H2,1-11H3/b15-14+,28-16+,29-17+/t26-,27+,30+,32+,33-,34-,36+,41?/m0/s1. The van der Waals surface area contributed by atoms with Gasteiger partial charge in [-0.05, 0) is 103 Å². The molecule has 238 valence electrons. The molecule has 0 radical (unpaired) electrons. The summed E-state index contributed by atoms with van der Waals surface area (Å²) in [5, 5.41) is 0.134. The Kier molecular flexibility index (Phi) is 10.5. The van der Waals surface area contributed by atoms with Crippen molar-refractivity contribution in [3.05, 3.63) is 47.1 Å². The first-order valence-corrected chi connectivity index (χ1v) is 21.4. The van der Waals surface area contributed by atoms with Gasteiger partial charge in [-0.25, -0.2) is 0 Å². The van der Waals surface area contributed by atoms with Gasteiger partial charge >= 0.3 is 7.60 Å². The van der Waals surface area contributed by atoms with Gasteiger partial charge < -0.3 is 13.5 Å². The summed E-state index contributed by atoms with van der Waals surface area (Å²) in [7, 11) is -3.56. The lowest BCUT2D eigenvalue weighted by Crippen LogP contribution is -2.46. The minimum absolute atomic E-state index is 0.0643. The van der Waals surface area contributed by atoms with Crippen molar-refractivity contribution >= 4 is 15.9 Å². The molecule has 1 aliphatic heterocycles. The molecule has 0 saturated heterocycles. The Morgan fingerprint density at radius 2 is 1.83 bits per heavy atom. The lowest BCUT2D eigenvalue weighted by Gasteiger charge is -2.44. The number of allylic oxidation sites excluding steroid dienone is 6. The predicted octanol–water partition coefficient (Wildman–Crippen LogP) is 10.9. The maximum absolute atomic E-state index is 13.1. The van der Waals surface area contributed by atoms with Gasteiger partial charge in [-0.15, -0.1) is 0 Å². The Morgan fingerprint density at radius 3 is 2.48 bits per heavy atom. The highest BCUT2D eigenvalue weighted by atomic mass is 31.2. The van der Waals surface area contributed by atoms with Crippen LogP contribution in [0.5, 0.6) is 0 Å². The minimum atomic E-state index is -3.09. The van der Waals surface area contributed by atoms with E-state index in [-0.39, 0.29) is 17.2 Å². The molecule has 3 aliphatic carbocycles. The molecule has 0 aromatic carbocycles. The monoisotopic (exact) mass is 616 g/mol. The Labute approximate surface area is 259 Å². The number of hydrogen-bond acceptors (Lipinski definition) is 4. The highest BCUT2D eigenvalue weighted by molar-refractivity contribution is 7.54. The third-order valence-electron chi connectivity index (χ3n) is 12.0. The van der Waals surface area contributed by atoms with Crippen LogP contribution in [0.15, 0.2) is 47.1 Å². The summed E-state index contributed by atoms with van der Waals surface area (Å²) in [6.07, 6.45) is 20.2. The largest absolute Gasteiger partial charge is 0.413 e. The second-order valence-corrected chi connectivity index (χ2v) is 23.0. The number of rotatable bonds is 8. The summed E-state index contributed by atoms with van der Waals surface area (Å²) in [6.45, 7) is 23.6. The van der Waals surface area contributed by atoms with Crippen molar-refractivity contribution in [3.8, 4) is 0 Å². The van der Waals surface area contributed by atoms with Crippen LogP contribution < -0.4 is 0 Å². The van der Waals surface area contributed by atoms with E-state index in [4.69, 9.17) is 13.5 Å². The van der Waals surface area contributed by atoms with Crippen molar-refractivity contribution in [1.82, 2.24) is 0 Å². The molecular formula is C36H61O4PSi. The topological polar surface area (TPSA) is 44.8 Å². The van der Waals surface area contributed by atoms with Crippen LogP contribution in [0.2, 0.25) is 18.1 Å². The van der Waals surface area contributed by atoms with E-state index in [1.165, 1.54) is 50.4 Å². The van der Waals surface area contributed by atoms with Crippen molar-refractivity contribution < 1.29 is 18.0 Å². The van der Waals surface area contributed by atoms with Crippen LogP contribution in [0.1, 0.15) is 100 Å². The molecule has 4 aliphatic rings. The van der Waals surface area contributed by atoms with Crippen LogP contribution in [-0.2, 0) is 18.0 Å². The first-order valence-electron chi connectivity index (χ1n) is 16.8. The minimum Gasteiger partial charge on any atom is -0.413 e. The lowest BCUT2D eigenvalue weighted by atomic mass is 9.61. The fourth-order valence-corrected chi connectivity index (χ4v) is 10.5. The molecule has 0 aromatic heterocycles. The predicted molar refractivity (Wildman–Crippen MR) is 180 cm³/mol. The fourth-order valence-electron chi connectivity index (χ4n) is 7.85. The van der Waals surface area contributed by atoms with Gasteiger partial charge in [0.05, 0.1) is 18.4 Å². The van der Waals surface area contributed by atoms with Gasteiger partial charge in [0, 0.05) is 13.5 Å². The van der Waals surface area contributed by atoms with Gasteiger partial charge in [-0.1, -0.05) is 91.3 Å². The van der Waals surface area contributed by atoms with Crippen LogP contribution >= 0.6 is 7.60 Å². The second-order valence-electron chi connectivity index (χ2n) is 16.0. The van der Waals surface area contributed by atoms with Crippen molar-refractivity contribution in [2.45, 2.75) is 131 Å². The molecule has 0 N–H and O–H groups in total. The molecule has 3 fully saturated rings.